The Morgan fingerprint density at radius 2 is 1.35 bits per heavy atom. The Labute approximate surface area is 248 Å². The summed E-state index contributed by atoms with van der Waals surface area (Å²) in [6, 6.07) is -0.218. The molecule has 3 rings (SSSR count). The van der Waals surface area contributed by atoms with Crippen LogP contribution in [0.3, 0.4) is 0 Å². The van der Waals surface area contributed by atoms with Crippen molar-refractivity contribution in [2.45, 2.75) is 64.8 Å². The number of Topliss-reactive ketones (excluding diaryl/α,β-unsaturated/α-hetero) is 1. The van der Waals surface area contributed by atoms with Gasteiger partial charge in [-0.3, -0.25) is 19.2 Å². The van der Waals surface area contributed by atoms with Gasteiger partial charge in [0.1, 0.15) is 29.2 Å². The highest BCUT2D eigenvalue weighted by Crippen LogP contribution is 2.29. The molecule has 3 heterocycles. The average molecular weight is 610 g/mol. The maximum absolute atomic E-state index is 13.0. The zero-order valence-electron chi connectivity index (χ0n) is 25.2. The first kappa shape index (κ1) is 35.0. The molecule has 2 aromatic rings. The molecule has 43 heavy (non-hydrogen) atoms. The molecule has 0 saturated carbocycles. The quantitative estimate of drug-likeness (QED) is 0.201. The lowest BCUT2D eigenvalue weighted by molar-refractivity contribution is -0.134. The van der Waals surface area contributed by atoms with Gasteiger partial charge in [0.15, 0.2) is 17.2 Å². The monoisotopic (exact) mass is 609 g/mol. The molecule has 0 aromatic carbocycles. The van der Waals surface area contributed by atoms with E-state index in [0.29, 0.717) is 24.5 Å². The number of nitrogens with one attached hydrogen (secondary N) is 3. The number of methoxy groups -OCH3 is 2. The molecule has 1 fully saturated rings. The largest absolute Gasteiger partial charge is 0.476 e. The maximum Gasteiger partial charge on any atom is 0.358 e. The van der Waals surface area contributed by atoms with Gasteiger partial charge in [-0.2, -0.15) is 0 Å². The van der Waals surface area contributed by atoms with Crippen LogP contribution in [0.4, 0.5) is 0 Å². The number of carbonyl (C=O) groups excluding carboxylic acids is 4. The van der Waals surface area contributed by atoms with Gasteiger partial charge in [-0.25, -0.2) is 4.79 Å². The standard InChI is InChI=1S/C22H34N4O8.C5H5NO3/c1-12(2)7-14(18(27)22(4)11-33-22)23-20(29)16(9-31-5)25-21(30)17(10-32-6)24-19(28)15-8-13(3)34-26-15;1-3-2-4(5(7)8)6-9-3/h8,12,14,16-17H,7,9-11H2,1-6H3,(H,23,29)(H,24,28)(H,25,30);2H,1H3,(H,7,8)/t14-,16-,17-,22+;/m0./s1. The summed E-state index contributed by atoms with van der Waals surface area (Å²) in [4.78, 5) is 61.2. The fraction of sp³-hybridized carbons (Fsp3) is 0.593. The van der Waals surface area contributed by atoms with Crippen molar-refractivity contribution < 1.29 is 52.3 Å². The summed E-state index contributed by atoms with van der Waals surface area (Å²) in [5.74, 6) is -2.10. The lowest BCUT2D eigenvalue weighted by Gasteiger charge is -2.26. The highest BCUT2D eigenvalue weighted by molar-refractivity contribution is 5.99. The van der Waals surface area contributed by atoms with E-state index in [-0.39, 0.29) is 36.3 Å². The highest BCUT2D eigenvalue weighted by atomic mass is 16.6. The normalized spacial score (nSPS) is 17.6. The predicted molar refractivity (Wildman–Crippen MR) is 147 cm³/mol. The number of ether oxygens (including phenoxy) is 3. The molecular formula is C27H39N5O11. The number of carbonyl (C=O) groups is 5. The number of amides is 3. The van der Waals surface area contributed by atoms with Crippen molar-refractivity contribution in [3.05, 3.63) is 35.0 Å². The first-order valence-corrected chi connectivity index (χ1v) is 13.4. The second-order valence-electron chi connectivity index (χ2n) is 10.5. The molecule has 4 N–H and O–H groups in total. The Morgan fingerprint density at radius 3 is 1.72 bits per heavy atom. The summed E-state index contributed by atoms with van der Waals surface area (Å²) in [7, 11) is 2.75. The summed E-state index contributed by atoms with van der Waals surface area (Å²) in [5.41, 5.74) is -0.948. The smallest absolute Gasteiger partial charge is 0.358 e. The Bertz CT molecular complexity index is 1270. The minimum Gasteiger partial charge on any atom is -0.476 e. The molecule has 1 aliphatic rings. The third-order valence-electron chi connectivity index (χ3n) is 6.07. The Kier molecular flexibility index (Phi) is 13.0. The van der Waals surface area contributed by atoms with Crippen molar-refractivity contribution in [2.24, 2.45) is 5.92 Å². The van der Waals surface area contributed by atoms with Crippen molar-refractivity contribution in [3.63, 3.8) is 0 Å². The van der Waals surface area contributed by atoms with E-state index in [1.54, 1.807) is 20.8 Å². The second-order valence-corrected chi connectivity index (χ2v) is 10.5. The van der Waals surface area contributed by atoms with E-state index in [2.05, 4.69) is 30.8 Å². The molecule has 0 bridgehead atoms. The van der Waals surface area contributed by atoms with Crippen molar-refractivity contribution in [3.8, 4) is 0 Å². The molecule has 4 atom stereocenters. The Hall–Kier alpha value is -4.15. The SMILES string of the molecule is COC[C@H](NC(=O)c1cc(C)on1)C(=O)N[C@@H](COC)C(=O)N[C@@H](CC(C)C)C(=O)[C@@]1(C)CO1.Cc1cc(C(=O)O)no1. The van der Waals surface area contributed by atoms with Crippen LogP contribution in [0, 0.1) is 19.8 Å². The van der Waals surface area contributed by atoms with Gasteiger partial charge in [0.05, 0.1) is 25.9 Å². The van der Waals surface area contributed by atoms with Gasteiger partial charge >= 0.3 is 5.97 Å². The van der Waals surface area contributed by atoms with Crippen LogP contribution in [-0.2, 0) is 28.6 Å². The zero-order valence-corrected chi connectivity index (χ0v) is 25.2. The van der Waals surface area contributed by atoms with E-state index in [1.165, 1.54) is 26.4 Å². The van der Waals surface area contributed by atoms with E-state index in [9.17, 15) is 24.0 Å². The van der Waals surface area contributed by atoms with Crippen LogP contribution in [0.2, 0.25) is 0 Å². The topological polar surface area (TPSA) is 225 Å². The van der Waals surface area contributed by atoms with Crippen LogP contribution in [0.15, 0.2) is 21.2 Å². The Balaban J connectivity index is 0.000000609. The van der Waals surface area contributed by atoms with Gasteiger partial charge in [-0.15, -0.1) is 0 Å². The molecule has 1 aliphatic heterocycles. The van der Waals surface area contributed by atoms with E-state index in [4.69, 9.17) is 23.8 Å². The van der Waals surface area contributed by atoms with Crippen LogP contribution < -0.4 is 16.0 Å². The molecule has 238 valence electrons. The number of aryl methyl sites for hydroxylation is 2. The predicted octanol–water partition coefficient (Wildman–Crippen LogP) is 0.429. The molecule has 0 radical (unpaired) electrons. The van der Waals surface area contributed by atoms with E-state index >= 15 is 0 Å². The first-order valence-electron chi connectivity index (χ1n) is 13.4. The van der Waals surface area contributed by atoms with Crippen LogP contribution in [0.25, 0.3) is 0 Å². The average Bonchev–Trinajstić information content (AvgIpc) is 3.29. The number of hydrogen-bond acceptors (Lipinski definition) is 12. The highest BCUT2D eigenvalue weighted by Gasteiger charge is 2.50. The number of epoxide rings is 1. The van der Waals surface area contributed by atoms with Crippen LogP contribution >= 0.6 is 0 Å². The van der Waals surface area contributed by atoms with Gasteiger partial charge < -0.3 is 44.3 Å². The second kappa shape index (κ2) is 15.9. The molecule has 2 aromatic heterocycles. The number of carboxylic acid groups (broad SMARTS) is 1. The molecule has 0 aliphatic carbocycles. The minimum atomic E-state index is -1.12. The maximum atomic E-state index is 13.0. The number of carboxylic acids is 1. The first-order chi connectivity index (χ1) is 20.2. The lowest BCUT2D eigenvalue weighted by Crippen LogP contribution is -2.58. The van der Waals surface area contributed by atoms with E-state index in [1.807, 2.05) is 13.8 Å². The van der Waals surface area contributed by atoms with E-state index in [0.717, 1.165) is 0 Å². The molecule has 16 heteroatoms. The van der Waals surface area contributed by atoms with E-state index < -0.39 is 47.4 Å². The fourth-order valence-electron chi connectivity index (χ4n) is 3.74. The molecule has 3 amide bonds. The third-order valence-corrected chi connectivity index (χ3v) is 6.07. The van der Waals surface area contributed by atoms with Crippen LogP contribution in [0.1, 0.15) is 59.7 Å². The summed E-state index contributed by atoms with van der Waals surface area (Å²) in [5, 5.41) is 22.9. The Morgan fingerprint density at radius 1 is 0.884 bits per heavy atom. The lowest BCUT2D eigenvalue weighted by atomic mass is 9.93. The summed E-state index contributed by atoms with van der Waals surface area (Å²) in [6.45, 7) is 8.82. The molecular weight excluding hydrogens is 570 g/mol. The van der Waals surface area contributed by atoms with Crippen LogP contribution in [0.5, 0.6) is 0 Å². The summed E-state index contributed by atoms with van der Waals surface area (Å²) in [6.07, 6.45) is 0.413. The van der Waals surface area contributed by atoms with Crippen LogP contribution in [-0.4, -0.2) is 103 Å². The summed E-state index contributed by atoms with van der Waals surface area (Å²) < 4.78 is 24.8. The van der Waals surface area contributed by atoms with Crippen molar-refractivity contribution in [1.29, 1.82) is 0 Å². The number of hydrogen-bond donors (Lipinski definition) is 4. The summed E-state index contributed by atoms with van der Waals surface area (Å²) >= 11 is 0. The zero-order chi connectivity index (χ0) is 32.3. The number of aromatic nitrogens is 2. The molecule has 0 unspecified atom stereocenters. The van der Waals surface area contributed by atoms with Crippen molar-refractivity contribution in [2.75, 3.05) is 34.0 Å². The van der Waals surface area contributed by atoms with Crippen molar-refractivity contribution >= 4 is 29.5 Å². The van der Waals surface area contributed by atoms with Gasteiger partial charge in [-0.05, 0) is 33.1 Å². The van der Waals surface area contributed by atoms with Gasteiger partial charge in [-0.1, -0.05) is 24.2 Å². The number of ketones is 1. The number of aromatic carboxylic acids is 1. The van der Waals surface area contributed by atoms with Gasteiger partial charge in [0.2, 0.25) is 11.8 Å². The fourth-order valence-corrected chi connectivity index (χ4v) is 3.74. The third kappa shape index (κ3) is 10.9. The van der Waals surface area contributed by atoms with Gasteiger partial charge in [0.25, 0.3) is 5.91 Å². The number of nitrogens with zero attached hydrogens (tertiary/aromatic N) is 2. The number of rotatable bonds is 15. The molecule has 16 nitrogen and oxygen atoms in total. The molecule has 0 spiro atoms. The van der Waals surface area contributed by atoms with Crippen molar-refractivity contribution in [1.82, 2.24) is 26.3 Å². The van der Waals surface area contributed by atoms with Gasteiger partial charge in [0, 0.05) is 26.4 Å². The minimum absolute atomic E-state index is 0.00316. The molecule has 1 saturated heterocycles.